The lowest BCUT2D eigenvalue weighted by molar-refractivity contribution is 0.0690. The summed E-state index contributed by atoms with van der Waals surface area (Å²) >= 11 is 0. The van der Waals surface area contributed by atoms with Crippen LogP contribution in [0.3, 0.4) is 0 Å². The van der Waals surface area contributed by atoms with Crippen LogP contribution in [0.4, 0.5) is 0 Å². The number of rotatable bonds is 8. The molecule has 0 spiro atoms. The van der Waals surface area contributed by atoms with Crippen LogP contribution in [0.25, 0.3) is 0 Å². The largest absolute Gasteiger partial charge is 0.478 e. The first kappa shape index (κ1) is 17.2. The van der Waals surface area contributed by atoms with E-state index in [1.54, 1.807) is 33.1 Å². The van der Waals surface area contributed by atoms with Crippen LogP contribution in [0, 0.1) is 13.8 Å². The van der Waals surface area contributed by atoms with Crippen LogP contribution in [0.15, 0.2) is 12.1 Å². The minimum atomic E-state index is -1.07. The lowest BCUT2D eigenvalue weighted by atomic mass is 9.96. The fourth-order valence-electron chi connectivity index (χ4n) is 2.22. The number of hydrogen-bond donors (Lipinski definition) is 2. The van der Waals surface area contributed by atoms with Crippen molar-refractivity contribution in [1.82, 2.24) is 5.32 Å². The van der Waals surface area contributed by atoms with E-state index in [2.05, 4.69) is 5.32 Å². The van der Waals surface area contributed by atoms with Gasteiger partial charge in [0.05, 0.1) is 11.1 Å². The van der Waals surface area contributed by atoms with Crippen LogP contribution in [0.2, 0.25) is 0 Å². The topological polar surface area (TPSA) is 75.6 Å². The van der Waals surface area contributed by atoms with Gasteiger partial charge in [-0.25, -0.2) is 4.79 Å². The Morgan fingerprint density at radius 1 is 1.10 bits per heavy atom. The number of benzene rings is 1. The molecular weight excluding hydrogens is 270 g/mol. The number of hydrogen-bond acceptors (Lipinski definition) is 3. The fourth-order valence-corrected chi connectivity index (χ4v) is 2.22. The van der Waals surface area contributed by atoms with Crippen LogP contribution in [0.1, 0.15) is 51.1 Å². The third kappa shape index (κ3) is 4.86. The van der Waals surface area contributed by atoms with Gasteiger partial charge in [-0.05, 0) is 44.2 Å². The number of aryl methyl sites for hydroxylation is 2. The molecule has 0 atom stereocenters. The predicted octanol–water partition coefficient (Wildman–Crippen LogP) is 2.55. The molecule has 21 heavy (non-hydrogen) atoms. The number of carbonyl (C=O) groups is 2. The Bertz CT molecular complexity index is 511. The summed E-state index contributed by atoms with van der Waals surface area (Å²) < 4.78 is 4.96. The number of ether oxygens (including phenoxy) is 1. The van der Waals surface area contributed by atoms with Crippen LogP contribution < -0.4 is 5.32 Å². The summed E-state index contributed by atoms with van der Waals surface area (Å²) in [4.78, 5) is 23.6. The van der Waals surface area contributed by atoms with Crippen LogP contribution in [-0.4, -0.2) is 37.2 Å². The molecule has 0 saturated carbocycles. The molecule has 0 radical (unpaired) electrons. The number of unbranched alkanes of at least 4 members (excludes halogenated alkanes) is 2. The first-order valence-electron chi connectivity index (χ1n) is 7.09. The van der Waals surface area contributed by atoms with Crippen molar-refractivity contribution >= 4 is 11.9 Å². The molecule has 1 rings (SSSR count). The number of methoxy groups -OCH3 is 1. The monoisotopic (exact) mass is 293 g/mol. The highest BCUT2D eigenvalue weighted by Crippen LogP contribution is 2.18. The average molecular weight is 293 g/mol. The second kappa shape index (κ2) is 8.42. The maximum absolute atomic E-state index is 12.2. The summed E-state index contributed by atoms with van der Waals surface area (Å²) in [5, 5.41) is 12.1. The van der Waals surface area contributed by atoms with Gasteiger partial charge in [0, 0.05) is 20.3 Å². The highest BCUT2D eigenvalue weighted by molar-refractivity contribution is 6.06. The van der Waals surface area contributed by atoms with E-state index < -0.39 is 5.97 Å². The highest BCUT2D eigenvalue weighted by Gasteiger charge is 2.20. The number of carbonyl (C=O) groups excluding carboxylic acids is 1. The van der Waals surface area contributed by atoms with Gasteiger partial charge in [-0.2, -0.15) is 0 Å². The summed E-state index contributed by atoms with van der Waals surface area (Å²) in [6.45, 7) is 4.70. The molecule has 0 aromatic heterocycles. The van der Waals surface area contributed by atoms with E-state index >= 15 is 0 Å². The van der Waals surface area contributed by atoms with E-state index in [1.807, 2.05) is 0 Å². The molecule has 0 aliphatic heterocycles. The van der Waals surface area contributed by atoms with Gasteiger partial charge in [0.1, 0.15) is 0 Å². The molecule has 0 saturated heterocycles. The van der Waals surface area contributed by atoms with Gasteiger partial charge in [0.15, 0.2) is 0 Å². The summed E-state index contributed by atoms with van der Waals surface area (Å²) in [6, 6.07) is 3.50. The van der Waals surface area contributed by atoms with Gasteiger partial charge in [-0.1, -0.05) is 12.1 Å². The molecule has 1 aromatic carbocycles. The molecular formula is C16H23NO4. The Kier molecular flexibility index (Phi) is 6.88. The Morgan fingerprint density at radius 2 is 1.71 bits per heavy atom. The third-order valence-corrected chi connectivity index (χ3v) is 3.37. The SMILES string of the molecule is COCCCCCNC(=O)c1c(C)ccc(C)c1C(=O)O. The number of carboxylic acids is 1. The Labute approximate surface area is 125 Å². The zero-order chi connectivity index (χ0) is 15.8. The summed E-state index contributed by atoms with van der Waals surface area (Å²) in [5.74, 6) is -1.39. The van der Waals surface area contributed by atoms with E-state index in [0.29, 0.717) is 24.3 Å². The van der Waals surface area contributed by atoms with E-state index in [4.69, 9.17) is 4.74 Å². The normalized spacial score (nSPS) is 10.4. The number of aromatic carboxylic acids is 1. The molecule has 0 bridgehead atoms. The molecule has 1 aromatic rings. The highest BCUT2D eigenvalue weighted by atomic mass is 16.5. The first-order chi connectivity index (χ1) is 9.99. The lowest BCUT2D eigenvalue weighted by Gasteiger charge is -2.12. The van der Waals surface area contributed by atoms with Crippen molar-refractivity contribution in [3.63, 3.8) is 0 Å². The molecule has 0 aliphatic carbocycles. The van der Waals surface area contributed by atoms with Crippen molar-refractivity contribution in [2.45, 2.75) is 33.1 Å². The molecule has 0 fully saturated rings. The lowest BCUT2D eigenvalue weighted by Crippen LogP contribution is -2.27. The zero-order valence-electron chi connectivity index (χ0n) is 12.9. The van der Waals surface area contributed by atoms with Crippen molar-refractivity contribution in [3.05, 3.63) is 34.4 Å². The second-order valence-corrected chi connectivity index (χ2v) is 5.06. The van der Waals surface area contributed by atoms with Gasteiger partial charge < -0.3 is 15.2 Å². The van der Waals surface area contributed by atoms with E-state index in [-0.39, 0.29) is 17.0 Å². The minimum Gasteiger partial charge on any atom is -0.478 e. The van der Waals surface area contributed by atoms with E-state index in [0.717, 1.165) is 19.3 Å². The van der Waals surface area contributed by atoms with E-state index in [9.17, 15) is 14.7 Å². The second-order valence-electron chi connectivity index (χ2n) is 5.06. The fraction of sp³-hybridized carbons (Fsp3) is 0.500. The van der Waals surface area contributed by atoms with Gasteiger partial charge in [0.2, 0.25) is 0 Å². The molecule has 1 amide bonds. The van der Waals surface area contributed by atoms with Crippen molar-refractivity contribution in [1.29, 1.82) is 0 Å². The van der Waals surface area contributed by atoms with Gasteiger partial charge >= 0.3 is 5.97 Å². The Hall–Kier alpha value is -1.88. The molecule has 5 nitrogen and oxygen atoms in total. The molecule has 0 aliphatic rings. The average Bonchev–Trinajstić information content (AvgIpc) is 2.44. The summed E-state index contributed by atoms with van der Waals surface area (Å²) in [5.41, 5.74) is 1.62. The minimum absolute atomic E-state index is 0.0897. The van der Waals surface area contributed by atoms with Crippen molar-refractivity contribution in [2.24, 2.45) is 0 Å². The molecule has 0 unspecified atom stereocenters. The maximum atomic E-state index is 12.2. The zero-order valence-corrected chi connectivity index (χ0v) is 12.9. The number of nitrogens with one attached hydrogen (secondary N) is 1. The van der Waals surface area contributed by atoms with Gasteiger partial charge in [0.25, 0.3) is 5.91 Å². The Balaban J connectivity index is 2.70. The van der Waals surface area contributed by atoms with Crippen molar-refractivity contribution in [2.75, 3.05) is 20.3 Å². The predicted molar refractivity (Wildman–Crippen MR) is 80.9 cm³/mol. The number of carboxylic acid groups (broad SMARTS) is 1. The molecule has 5 heteroatoms. The smallest absolute Gasteiger partial charge is 0.336 e. The van der Waals surface area contributed by atoms with E-state index in [1.165, 1.54) is 0 Å². The van der Waals surface area contributed by atoms with Gasteiger partial charge in [-0.3, -0.25) is 4.79 Å². The standard InChI is InChI=1S/C16H23NO4/c1-11-7-8-12(2)14(16(19)20)13(11)15(18)17-9-5-4-6-10-21-3/h7-8H,4-6,9-10H2,1-3H3,(H,17,18)(H,19,20). The Morgan fingerprint density at radius 3 is 2.29 bits per heavy atom. The quantitative estimate of drug-likeness (QED) is 0.722. The van der Waals surface area contributed by atoms with Gasteiger partial charge in [-0.15, -0.1) is 0 Å². The van der Waals surface area contributed by atoms with Crippen molar-refractivity contribution in [3.8, 4) is 0 Å². The molecule has 2 N–H and O–H groups in total. The van der Waals surface area contributed by atoms with Crippen LogP contribution in [0.5, 0.6) is 0 Å². The summed E-state index contributed by atoms with van der Waals surface area (Å²) in [6.07, 6.45) is 2.77. The van der Waals surface area contributed by atoms with Crippen molar-refractivity contribution < 1.29 is 19.4 Å². The third-order valence-electron chi connectivity index (χ3n) is 3.37. The first-order valence-corrected chi connectivity index (χ1v) is 7.09. The summed E-state index contributed by atoms with van der Waals surface area (Å²) in [7, 11) is 1.66. The number of amides is 1. The molecule has 116 valence electrons. The van der Waals surface area contributed by atoms with Crippen LogP contribution in [-0.2, 0) is 4.74 Å². The van der Waals surface area contributed by atoms with Crippen LogP contribution >= 0.6 is 0 Å². The molecule has 0 heterocycles. The maximum Gasteiger partial charge on any atom is 0.336 e.